The van der Waals surface area contributed by atoms with Crippen molar-refractivity contribution in [3.05, 3.63) is 57.5 Å². The van der Waals surface area contributed by atoms with Gasteiger partial charge in [-0.1, -0.05) is 60.4 Å². The molecule has 0 saturated heterocycles. The van der Waals surface area contributed by atoms with E-state index in [9.17, 15) is 9.59 Å². The van der Waals surface area contributed by atoms with Gasteiger partial charge in [0.2, 0.25) is 5.91 Å². The average molecular weight is 526 g/mol. The Morgan fingerprint density at radius 1 is 1.16 bits per heavy atom. The van der Waals surface area contributed by atoms with Gasteiger partial charge in [-0.15, -0.1) is 0 Å². The van der Waals surface area contributed by atoms with Crippen molar-refractivity contribution in [2.75, 3.05) is 20.3 Å². The van der Waals surface area contributed by atoms with Gasteiger partial charge in [0.15, 0.2) is 6.61 Å². The van der Waals surface area contributed by atoms with Gasteiger partial charge in [0, 0.05) is 17.6 Å². The van der Waals surface area contributed by atoms with E-state index in [2.05, 4.69) is 21.2 Å². The standard InChI is InChI=1S/C24H30BrClN2O4/c1-5-21(24(30)27-13-16(2)3)28(14-17-6-9-19(31-4)10-7-17)23(29)15-32-22-11-8-18(25)12-20(22)26/h6-12,16,21H,5,13-15H2,1-4H3,(H,27,30)/t21-/m1/s1. The summed E-state index contributed by atoms with van der Waals surface area (Å²) in [5.74, 6) is 0.965. The predicted molar refractivity (Wildman–Crippen MR) is 130 cm³/mol. The Kier molecular flexibility index (Phi) is 10.3. The Morgan fingerprint density at radius 3 is 2.41 bits per heavy atom. The van der Waals surface area contributed by atoms with Crippen molar-refractivity contribution in [3.8, 4) is 11.5 Å². The van der Waals surface area contributed by atoms with Crippen LogP contribution in [0.5, 0.6) is 11.5 Å². The van der Waals surface area contributed by atoms with Crippen LogP contribution in [0, 0.1) is 5.92 Å². The monoisotopic (exact) mass is 524 g/mol. The van der Waals surface area contributed by atoms with Crippen LogP contribution in [0.4, 0.5) is 0 Å². The minimum absolute atomic E-state index is 0.176. The number of hydrogen-bond acceptors (Lipinski definition) is 4. The van der Waals surface area contributed by atoms with E-state index in [1.807, 2.05) is 45.0 Å². The summed E-state index contributed by atoms with van der Waals surface area (Å²) in [7, 11) is 1.60. The SMILES string of the molecule is CC[C@H](C(=O)NCC(C)C)N(Cc1ccc(OC)cc1)C(=O)COc1ccc(Br)cc1Cl. The first-order chi connectivity index (χ1) is 15.2. The average Bonchev–Trinajstić information content (AvgIpc) is 2.77. The Bertz CT molecular complexity index is 905. The highest BCUT2D eigenvalue weighted by Crippen LogP contribution is 2.28. The highest BCUT2D eigenvalue weighted by atomic mass is 79.9. The number of amides is 2. The largest absolute Gasteiger partial charge is 0.497 e. The molecule has 0 bridgehead atoms. The Hall–Kier alpha value is -2.25. The van der Waals surface area contributed by atoms with Crippen molar-refractivity contribution in [3.63, 3.8) is 0 Å². The van der Waals surface area contributed by atoms with Gasteiger partial charge in [0.25, 0.3) is 5.91 Å². The van der Waals surface area contributed by atoms with Crippen LogP contribution in [-0.4, -0.2) is 43.0 Å². The van der Waals surface area contributed by atoms with Crippen LogP contribution in [0.15, 0.2) is 46.9 Å². The summed E-state index contributed by atoms with van der Waals surface area (Å²) in [5, 5.41) is 3.34. The van der Waals surface area contributed by atoms with Crippen molar-refractivity contribution in [1.29, 1.82) is 0 Å². The third-order valence-electron chi connectivity index (χ3n) is 4.83. The van der Waals surface area contributed by atoms with Crippen molar-refractivity contribution in [2.45, 2.75) is 39.8 Å². The first-order valence-electron chi connectivity index (χ1n) is 10.5. The van der Waals surface area contributed by atoms with Crippen LogP contribution >= 0.6 is 27.5 Å². The van der Waals surface area contributed by atoms with Crippen LogP contribution < -0.4 is 14.8 Å². The lowest BCUT2D eigenvalue weighted by Gasteiger charge is -2.31. The van der Waals surface area contributed by atoms with Crippen LogP contribution in [0.25, 0.3) is 0 Å². The Labute approximate surface area is 203 Å². The summed E-state index contributed by atoms with van der Waals surface area (Å²) in [6, 6.07) is 12.0. The molecule has 32 heavy (non-hydrogen) atoms. The van der Waals surface area contributed by atoms with Crippen molar-refractivity contribution in [1.82, 2.24) is 10.2 Å². The number of benzene rings is 2. The lowest BCUT2D eigenvalue weighted by molar-refractivity contribution is -0.143. The summed E-state index contributed by atoms with van der Waals surface area (Å²) < 4.78 is 11.7. The maximum Gasteiger partial charge on any atom is 0.261 e. The van der Waals surface area contributed by atoms with E-state index in [-0.39, 0.29) is 25.0 Å². The summed E-state index contributed by atoms with van der Waals surface area (Å²) in [4.78, 5) is 27.7. The van der Waals surface area contributed by atoms with E-state index in [1.54, 1.807) is 30.2 Å². The van der Waals surface area contributed by atoms with E-state index < -0.39 is 6.04 Å². The third-order valence-corrected chi connectivity index (χ3v) is 5.62. The van der Waals surface area contributed by atoms with Crippen LogP contribution in [-0.2, 0) is 16.1 Å². The maximum absolute atomic E-state index is 13.2. The summed E-state index contributed by atoms with van der Waals surface area (Å²) in [6.45, 7) is 6.53. The van der Waals surface area contributed by atoms with E-state index >= 15 is 0 Å². The van der Waals surface area contributed by atoms with E-state index in [0.717, 1.165) is 15.8 Å². The second-order valence-corrected chi connectivity index (χ2v) is 9.12. The molecule has 0 aromatic heterocycles. The molecule has 8 heteroatoms. The zero-order valence-electron chi connectivity index (χ0n) is 18.9. The minimum Gasteiger partial charge on any atom is -0.497 e. The van der Waals surface area contributed by atoms with Crippen molar-refractivity contribution in [2.24, 2.45) is 5.92 Å². The van der Waals surface area contributed by atoms with E-state index in [4.69, 9.17) is 21.1 Å². The summed E-state index contributed by atoms with van der Waals surface area (Å²) >= 11 is 9.55. The minimum atomic E-state index is -0.618. The molecule has 2 aromatic rings. The predicted octanol–water partition coefficient (Wildman–Crippen LogP) is 5.07. The van der Waals surface area contributed by atoms with Gasteiger partial charge in [-0.3, -0.25) is 9.59 Å². The van der Waals surface area contributed by atoms with Crippen LogP contribution in [0.2, 0.25) is 5.02 Å². The molecule has 0 aliphatic heterocycles. The summed E-state index contributed by atoms with van der Waals surface area (Å²) in [6.07, 6.45) is 0.477. The zero-order chi connectivity index (χ0) is 23.7. The molecule has 0 heterocycles. The number of halogens is 2. The fourth-order valence-electron chi connectivity index (χ4n) is 3.08. The number of rotatable bonds is 11. The lowest BCUT2D eigenvalue weighted by Crippen LogP contribution is -2.50. The maximum atomic E-state index is 13.2. The molecule has 0 aliphatic carbocycles. The number of nitrogens with one attached hydrogen (secondary N) is 1. The molecule has 2 rings (SSSR count). The van der Waals surface area contributed by atoms with Crippen molar-refractivity contribution >= 4 is 39.3 Å². The Morgan fingerprint density at radius 2 is 1.84 bits per heavy atom. The molecule has 0 fully saturated rings. The lowest BCUT2D eigenvalue weighted by atomic mass is 10.1. The van der Waals surface area contributed by atoms with Crippen LogP contribution in [0.1, 0.15) is 32.8 Å². The molecule has 0 spiro atoms. The molecule has 0 saturated carbocycles. The van der Waals surface area contributed by atoms with E-state index in [0.29, 0.717) is 29.7 Å². The van der Waals surface area contributed by atoms with Gasteiger partial charge in [-0.25, -0.2) is 0 Å². The molecular formula is C24H30BrClN2O4. The summed E-state index contributed by atoms with van der Waals surface area (Å²) in [5.41, 5.74) is 0.885. The first kappa shape index (κ1) is 26.0. The second-order valence-electron chi connectivity index (χ2n) is 7.80. The first-order valence-corrected chi connectivity index (χ1v) is 11.7. The molecule has 1 atom stereocenters. The van der Waals surface area contributed by atoms with Crippen molar-refractivity contribution < 1.29 is 19.1 Å². The van der Waals surface area contributed by atoms with Gasteiger partial charge < -0.3 is 19.7 Å². The molecule has 0 unspecified atom stereocenters. The highest BCUT2D eigenvalue weighted by molar-refractivity contribution is 9.10. The normalized spacial score (nSPS) is 11.7. The van der Waals surface area contributed by atoms with Gasteiger partial charge >= 0.3 is 0 Å². The highest BCUT2D eigenvalue weighted by Gasteiger charge is 2.29. The third kappa shape index (κ3) is 7.71. The van der Waals surface area contributed by atoms with E-state index in [1.165, 1.54) is 0 Å². The Balaban J connectivity index is 2.21. The number of hydrogen-bond donors (Lipinski definition) is 1. The number of nitrogens with zero attached hydrogens (tertiary/aromatic N) is 1. The number of carbonyl (C=O) groups excluding carboxylic acids is 2. The zero-order valence-corrected chi connectivity index (χ0v) is 21.2. The molecule has 174 valence electrons. The fourth-order valence-corrected chi connectivity index (χ4v) is 3.81. The van der Waals surface area contributed by atoms with Gasteiger partial charge in [0.1, 0.15) is 17.5 Å². The smallest absolute Gasteiger partial charge is 0.261 e. The van der Waals surface area contributed by atoms with Gasteiger partial charge in [0.05, 0.1) is 12.1 Å². The number of ether oxygens (including phenoxy) is 2. The van der Waals surface area contributed by atoms with Crippen LogP contribution in [0.3, 0.4) is 0 Å². The molecule has 6 nitrogen and oxygen atoms in total. The molecule has 2 amide bonds. The fraction of sp³-hybridized carbons (Fsp3) is 0.417. The second kappa shape index (κ2) is 12.7. The molecular weight excluding hydrogens is 496 g/mol. The molecule has 0 aliphatic rings. The quantitative estimate of drug-likeness (QED) is 0.445. The topological polar surface area (TPSA) is 67.9 Å². The number of carbonyl (C=O) groups is 2. The molecule has 0 radical (unpaired) electrons. The molecule has 2 aromatic carbocycles. The molecule has 1 N–H and O–H groups in total. The number of methoxy groups -OCH3 is 1. The van der Waals surface area contributed by atoms with Gasteiger partial charge in [-0.2, -0.15) is 0 Å². The van der Waals surface area contributed by atoms with Gasteiger partial charge in [-0.05, 0) is 48.2 Å².